The van der Waals surface area contributed by atoms with Gasteiger partial charge < -0.3 is 15.0 Å². The SMILES string of the molecule is O=C(c1ccccc1Cl)N1Cc2[nH]c3ccccc3c2CC1CO. The maximum absolute atomic E-state index is 12.9. The van der Waals surface area contributed by atoms with Crippen molar-refractivity contribution in [2.45, 2.75) is 19.0 Å². The number of aliphatic hydroxyl groups excluding tert-OH is 1. The van der Waals surface area contributed by atoms with Crippen molar-refractivity contribution in [2.24, 2.45) is 0 Å². The van der Waals surface area contributed by atoms with Gasteiger partial charge in [0, 0.05) is 16.6 Å². The van der Waals surface area contributed by atoms with Crippen LogP contribution < -0.4 is 0 Å². The lowest BCUT2D eigenvalue weighted by Gasteiger charge is -2.35. The summed E-state index contributed by atoms with van der Waals surface area (Å²) in [6, 6.07) is 14.9. The fourth-order valence-corrected chi connectivity index (χ4v) is 3.68. The third-order valence-corrected chi connectivity index (χ3v) is 5.02. The molecule has 1 aromatic heterocycles. The van der Waals surface area contributed by atoms with Gasteiger partial charge in [0.15, 0.2) is 0 Å². The minimum absolute atomic E-state index is 0.0743. The second kappa shape index (κ2) is 5.96. The summed E-state index contributed by atoms with van der Waals surface area (Å²) in [6.45, 7) is 0.369. The molecule has 1 atom stereocenters. The lowest BCUT2D eigenvalue weighted by atomic mass is 9.96. The number of aliphatic hydroxyl groups is 1. The van der Waals surface area contributed by atoms with E-state index in [9.17, 15) is 9.90 Å². The number of aromatic nitrogens is 1. The molecule has 0 fully saturated rings. The molecule has 3 aromatic rings. The Morgan fingerprint density at radius 1 is 1.21 bits per heavy atom. The summed E-state index contributed by atoms with van der Waals surface area (Å²) < 4.78 is 0. The van der Waals surface area contributed by atoms with E-state index in [-0.39, 0.29) is 18.6 Å². The van der Waals surface area contributed by atoms with Crippen LogP contribution in [0.1, 0.15) is 21.6 Å². The first-order valence-corrected chi connectivity index (χ1v) is 8.31. The summed E-state index contributed by atoms with van der Waals surface area (Å²) in [7, 11) is 0. The number of rotatable bonds is 2. The Morgan fingerprint density at radius 3 is 2.75 bits per heavy atom. The van der Waals surface area contributed by atoms with Crippen molar-refractivity contribution in [1.29, 1.82) is 0 Å². The molecule has 0 saturated carbocycles. The maximum atomic E-state index is 12.9. The average molecular weight is 341 g/mol. The molecule has 0 aliphatic carbocycles. The molecule has 4 nitrogen and oxygen atoms in total. The van der Waals surface area contributed by atoms with Crippen LogP contribution in [0.15, 0.2) is 48.5 Å². The Bertz CT molecular complexity index is 919. The van der Waals surface area contributed by atoms with Crippen LogP contribution in [0.25, 0.3) is 10.9 Å². The van der Waals surface area contributed by atoms with E-state index in [1.165, 1.54) is 5.56 Å². The van der Waals surface area contributed by atoms with Gasteiger partial charge >= 0.3 is 0 Å². The van der Waals surface area contributed by atoms with Gasteiger partial charge in [-0.15, -0.1) is 0 Å². The average Bonchev–Trinajstić information content (AvgIpc) is 2.98. The van der Waals surface area contributed by atoms with Crippen molar-refractivity contribution in [2.75, 3.05) is 6.61 Å². The molecule has 1 unspecified atom stereocenters. The predicted molar refractivity (Wildman–Crippen MR) is 94.2 cm³/mol. The quantitative estimate of drug-likeness (QED) is 0.751. The molecule has 1 aliphatic heterocycles. The van der Waals surface area contributed by atoms with Crippen LogP contribution in [0.4, 0.5) is 0 Å². The highest BCUT2D eigenvalue weighted by atomic mass is 35.5. The molecule has 0 radical (unpaired) electrons. The molecule has 1 amide bonds. The standard InChI is InChI=1S/C19H17ClN2O2/c20-16-7-3-1-6-14(16)19(24)22-10-18-15(9-12(22)11-23)13-5-2-4-8-17(13)21-18/h1-8,12,21,23H,9-11H2. The molecular weight excluding hydrogens is 324 g/mol. The molecule has 122 valence electrons. The number of halogens is 1. The minimum Gasteiger partial charge on any atom is -0.394 e. The van der Waals surface area contributed by atoms with E-state index >= 15 is 0 Å². The van der Waals surface area contributed by atoms with Gasteiger partial charge in [-0.25, -0.2) is 0 Å². The van der Waals surface area contributed by atoms with Crippen molar-refractivity contribution in [3.05, 3.63) is 70.4 Å². The van der Waals surface area contributed by atoms with E-state index in [4.69, 9.17) is 11.6 Å². The van der Waals surface area contributed by atoms with E-state index < -0.39 is 0 Å². The van der Waals surface area contributed by atoms with Crippen molar-refractivity contribution >= 4 is 28.4 Å². The van der Waals surface area contributed by atoms with Crippen molar-refractivity contribution < 1.29 is 9.90 Å². The summed E-state index contributed by atoms with van der Waals surface area (Å²) >= 11 is 6.18. The fraction of sp³-hybridized carbons (Fsp3) is 0.211. The predicted octanol–water partition coefficient (Wildman–Crippen LogP) is 3.38. The van der Waals surface area contributed by atoms with E-state index in [0.29, 0.717) is 23.6 Å². The van der Waals surface area contributed by atoms with Crippen LogP contribution in [-0.2, 0) is 13.0 Å². The van der Waals surface area contributed by atoms with Crippen molar-refractivity contribution in [1.82, 2.24) is 9.88 Å². The van der Waals surface area contributed by atoms with Gasteiger partial charge in [-0.1, -0.05) is 41.9 Å². The number of fused-ring (bicyclic) bond motifs is 3. The molecule has 24 heavy (non-hydrogen) atoms. The number of carbonyl (C=O) groups excluding carboxylic acids is 1. The smallest absolute Gasteiger partial charge is 0.256 e. The summed E-state index contributed by atoms with van der Waals surface area (Å²) in [6.07, 6.45) is 0.631. The second-order valence-electron chi connectivity index (χ2n) is 6.08. The number of carbonyl (C=O) groups is 1. The number of amides is 1. The van der Waals surface area contributed by atoms with Crippen LogP contribution in [-0.4, -0.2) is 33.5 Å². The highest BCUT2D eigenvalue weighted by Crippen LogP contribution is 2.31. The van der Waals surface area contributed by atoms with Gasteiger partial charge in [-0.05, 0) is 30.2 Å². The molecular formula is C19H17ClN2O2. The van der Waals surface area contributed by atoms with E-state index in [2.05, 4.69) is 11.1 Å². The molecule has 5 heteroatoms. The van der Waals surface area contributed by atoms with E-state index in [0.717, 1.165) is 16.6 Å². The van der Waals surface area contributed by atoms with Crippen molar-refractivity contribution in [3.63, 3.8) is 0 Å². The zero-order valence-corrected chi connectivity index (χ0v) is 13.8. The van der Waals surface area contributed by atoms with Gasteiger partial charge in [0.2, 0.25) is 0 Å². The minimum atomic E-state index is -0.250. The first kappa shape index (κ1) is 15.2. The van der Waals surface area contributed by atoms with Crippen LogP contribution in [0.5, 0.6) is 0 Å². The van der Waals surface area contributed by atoms with Gasteiger partial charge in [-0.3, -0.25) is 4.79 Å². The lowest BCUT2D eigenvalue weighted by molar-refractivity contribution is 0.0542. The summed E-state index contributed by atoms with van der Waals surface area (Å²) in [4.78, 5) is 18.0. The Morgan fingerprint density at radius 2 is 1.96 bits per heavy atom. The number of benzene rings is 2. The van der Waals surface area contributed by atoms with E-state index in [1.807, 2.05) is 18.2 Å². The highest BCUT2D eigenvalue weighted by molar-refractivity contribution is 6.33. The number of hydrogen-bond donors (Lipinski definition) is 2. The summed E-state index contributed by atoms with van der Waals surface area (Å²) in [5, 5.41) is 11.4. The van der Waals surface area contributed by atoms with E-state index in [1.54, 1.807) is 29.2 Å². The molecule has 2 heterocycles. The lowest BCUT2D eigenvalue weighted by Crippen LogP contribution is -2.46. The number of nitrogens with zero attached hydrogens (tertiary/aromatic N) is 1. The number of nitrogens with one attached hydrogen (secondary N) is 1. The van der Waals surface area contributed by atoms with Crippen molar-refractivity contribution in [3.8, 4) is 0 Å². The highest BCUT2D eigenvalue weighted by Gasteiger charge is 2.32. The number of H-pyrrole nitrogens is 1. The van der Waals surface area contributed by atoms with Crippen LogP contribution >= 0.6 is 11.6 Å². The van der Waals surface area contributed by atoms with Gasteiger partial charge in [0.1, 0.15) is 0 Å². The zero-order chi connectivity index (χ0) is 16.7. The number of para-hydroxylation sites is 1. The largest absolute Gasteiger partial charge is 0.394 e. The Hall–Kier alpha value is -2.30. The first-order valence-electron chi connectivity index (χ1n) is 7.94. The van der Waals surface area contributed by atoms with Crippen LogP contribution in [0, 0.1) is 0 Å². The van der Waals surface area contributed by atoms with Crippen LogP contribution in [0.2, 0.25) is 5.02 Å². The Labute approximate surface area is 144 Å². The van der Waals surface area contributed by atoms with Gasteiger partial charge in [0.25, 0.3) is 5.91 Å². The third-order valence-electron chi connectivity index (χ3n) is 4.69. The molecule has 0 saturated heterocycles. The fourth-order valence-electron chi connectivity index (χ4n) is 3.46. The Balaban J connectivity index is 1.74. The summed E-state index contributed by atoms with van der Waals surface area (Å²) in [5.74, 6) is -0.149. The monoisotopic (exact) mass is 340 g/mol. The summed E-state index contributed by atoms with van der Waals surface area (Å²) in [5.41, 5.74) is 3.75. The molecule has 0 bridgehead atoms. The Kier molecular flexibility index (Phi) is 3.79. The van der Waals surface area contributed by atoms with Gasteiger partial charge in [0.05, 0.1) is 29.8 Å². The molecule has 4 rings (SSSR count). The van der Waals surface area contributed by atoms with Crippen LogP contribution in [0.3, 0.4) is 0 Å². The van der Waals surface area contributed by atoms with Gasteiger partial charge in [-0.2, -0.15) is 0 Å². The molecule has 1 aliphatic rings. The molecule has 2 aromatic carbocycles. The topological polar surface area (TPSA) is 56.3 Å². The molecule has 2 N–H and O–H groups in total. The second-order valence-corrected chi connectivity index (χ2v) is 6.49. The normalized spacial score (nSPS) is 17.1. The zero-order valence-electron chi connectivity index (χ0n) is 13.0. The maximum Gasteiger partial charge on any atom is 0.256 e. The molecule has 0 spiro atoms. The third kappa shape index (κ3) is 2.39. The first-order chi connectivity index (χ1) is 11.7. The number of hydrogen-bond acceptors (Lipinski definition) is 2. The number of aromatic amines is 1.